The first-order chi connectivity index (χ1) is 14.4. The summed E-state index contributed by atoms with van der Waals surface area (Å²) in [5.41, 5.74) is 1.18. The number of fused-ring (bicyclic) bond motifs is 1. The molecule has 7 nitrogen and oxygen atoms in total. The van der Waals surface area contributed by atoms with Crippen molar-refractivity contribution in [3.05, 3.63) is 74.6 Å². The van der Waals surface area contributed by atoms with E-state index in [2.05, 4.69) is 4.74 Å². The van der Waals surface area contributed by atoms with Crippen LogP contribution in [0.3, 0.4) is 0 Å². The van der Waals surface area contributed by atoms with Crippen LogP contribution in [-0.2, 0) is 32.1 Å². The number of methoxy groups -OCH3 is 1. The highest BCUT2D eigenvalue weighted by atomic mass is 35.5. The predicted octanol–water partition coefficient (Wildman–Crippen LogP) is 3.59. The zero-order valence-electron chi connectivity index (χ0n) is 16.4. The summed E-state index contributed by atoms with van der Waals surface area (Å²) >= 11 is 6.27. The smallest absolute Gasteiger partial charge is 0.344 e. The third-order valence-corrected chi connectivity index (χ3v) is 4.77. The van der Waals surface area contributed by atoms with Crippen LogP contribution in [0.2, 0.25) is 5.02 Å². The van der Waals surface area contributed by atoms with Gasteiger partial charge in [0.25, 0.3) is 0 Å². The van der Waals surface area contributed by atoms with Crippen LogP contribution >= 0.6 is 11.6 Å². The van der Waals surface area contributed by atoms with Crippen LogP contribution in [0.4, 0.5) is 0 Å². The van der Waals surface area contributed by atoms with E-state index in [4.69, 9.17) is 25.5 Å². The van der Waals surface area contributed by atoms with E-state index >= 15 is 0 Å². The van der Waals surface area contributed by atoms with Gasteiger partial charge in [-0.1, -0.05) is 41.9 Å². The van der Waals surface area contributed by atoms with Gasteiger partial charge in [-0.3, -0.25) is 4.79 Å². The standard InChI is InChI=1S/C22H19ClO7/c1-13-15-8-17(23)19(10-18(15)30-22(26)16(13)9-20(24)27-2)28-12-21(25)29-11-14-6-4-3-5-7-14/h3-8,10H,9,11-12H2,1-2H3. The Morgan fingerprint density at radius 1 is 1.10 bits per heavy atom. The lowest BCUT2D eigenvalue weighted by atomic mass is 10.0. The van der Waals surface area contributed by atoms with Gasteiger partial charge in [-0.2, -0.15) is 0 Å². The van der Waals surface area contributed by atoms with Crippen molar-refractivity contribution in [2.24, 2.45) is 0 Å². The highest BCUT2D eigenvalue weighted by molar-refractivity contribution is 6.32. The van der Waals surface area contributed by atoms with Gasteiger partial charge in [0, 0.05) is 11.5 Å². The molecule has 0 radical (unpaired) electrons. The summed E-state index contributed by atoms with van der Waals surface area (Å²) in [6, 6.07) is 12.2. The number of rotatable bonds is 7. The fraction of sp³-hybridized carbons (Fsp3) is 0.227. The molecule has 30 heavy (non-hydrogen) atoms. The van der Waals surface area contributed by atoms with Crippen LogP contribution < -0.4 is 10.4 Å². The van der Waals surface area contributed by atoms with Crippen LogP contribution in [0.1, 0.15) is 16.7 Å². The monoisotopic (exact) mass is 430 g/mol. The Morgan fingerprint density at radius 3 is 2.53 bits per heavy atom. The van der Waals surface area contributed by atoms with Gasteiger partial charge < -0.3 is 18.6 Å². The molecule has 0 spiro atoms. The van der Waals surface area contributed by atoms with Crippen LogP contribution in [0, 0.1) is 6.92 Å². The summed E-state index contributed by atoms with van der Waals surface area (Å²) < 4.78 is 20.5. The molecule has 0 aliphatic rings. The maximum absolute atomic E-state index is 12.3. The second kappa shape index (κ2) is 9.45. The molecule has 0 bridgehead atoms. The first kappa shape index (κ1) is 21.4. The molecule has 0 unspecified atom stereocenters. The van der Waals surface area contributed by atoms with Gasteiger partial charge in [-0.05, 0) is 24.1 Å². The van der Waals surface area contributed by atoms with Crippen molar-refractivity contribution in [3.8, 4) is 5.75 Å². The van der Waals surface area contributed by atoms with E-state index in [1.165, 1.54) is 13.2 Å². The minimum Gasteiger partial charge on any atom is -0.480 e. The van der Waals surface area contributed by atoms with Crippen molar-refractivity contribution in [1.82, 2.24) is 0 Å². The molecule has 8 heteroatoms. The Balaban J connectivity index is 1.74. The molecule has 3 rings (SSSR count). The molecule has 0 saturated heterocycles. The molecular weight excluding hydrogens is 412 g/mol. The summed E-state index contributed by atoms with van der Waals surface area (Å²) in [6.45, 7) is 1.46. The van der Waals surface area contributed by atoms with Gasteiger partial charge in [0.2, 0.25) is 0 Å². The molecule has 0 aliphatic carbocycles. The Bertz CT molecular complexity index is 1140. The fourth-order valence-corrected chi connectivity index (χ4v) is 3.06. The molecule has 3 aromatic rings. The average Bonchev–Trinajstić information content (AvgIpc) is 2.75. The zero-order chi connectivity index (χ0) is 21.7. The molecule has 1 heterocycles. The average molecular weight is 431 g/mol. The lowest BCUT2D eigenvalue weighted by Crippen LogP contribution is -2.16. The highest BCUT2D eigenvalue weighted by Crippen LogP contribution is 2.32. The largest absolute Gasteiger partial charge is 0.480 e. The van der Waals surface area contributed by atoms with Gasteiger partial charge in [0.05, 0.1) is 24.1 Å². The summed E-state index contributed by atoms with van der Waals surface area (Å²) in [4.78, 5) is 35.7. The van der Waals surface area contributed by atoms with Crippen LogP contribution in [0.5, 0.6) is 5.75 Å². The maximum Gasteiger partial charge on any atom is 0.344 e. The van der Waals surface area contributed by atoms with Gasteiger partial charge in [-0.15, -0.1) is 0 Å². The van der Waals surface area contributed by atoms with E-state index in [-0.39, 0.29) is 41.6 Å². The van der Waals surface area contributed by atoms with E-state index in [9.17, 15) is 14.4 Å². The SMILES string of the molecule is COC(=O)Cc1c(C)c2cc(Cl)c(OCC(=O)OCc3ccccc3)cc2oc1=O. The van der Waals surface area contributed by atoms with Crippen molar-refractivity contribution in [2.75, 3.05) is 13.7 Å². The number of esters is 2. The number of halogens is 1. The fourth-order valence-electron chi connectivity index (χ4n) is 2.84. The number of carbonyl (C=O) groups is 2. The first-order valence-electron chi connectivity index (χ1n) is 9.04. The molecule has 0 amide bonds. The second-order valence-corrected chi connectivity index (χ2v) is 6.87. The summed E-state index contributed by atoms with van der Waals surface area (Å²) in [7, 11) is 1.24. The molecule has 0 atom stereocenters. The Labute approximate surface area is 177 Å². The van der Waals surface area contributed by atoms with Gasteiger partial charge in [-0.25, -0.2) is 9.59 Å². The van der Waals surface area contributed by atoms with Crippen molar-refractivity contribution in [2.45, 2.75) is 20.0 Å². The molecule has 0 fully saturated rings. The normalized spacial score (nSPS) is 10.6. The summed E-state index contributed by atoms with van der Waals surface area (Å²) in [6.07, 6.45) is -0.205. The third-order valence-electron chi connectivity index (χ3n) is 4.48. The zero-order valence-corrected chi connectivity index (χ0v) is 17.2. The van der Waals surface area contributed by atoms with Crippen LogP contribution in [0.25, 0.3) is 11.0 Å². The second-order valence-electron chi connectivity index (χ2n) is 6.46. The highest BCUT2D eigenvalue weighted by Gasteiger charge is 2.17. The van der Waals surface area contributed by atoms with E-state index in [1.54, 1.807) is 13.0 Å². The Morgan fingerprint density at radius 2 is 1.83 bits per heavy atom. The van der Waals surface area contributed by atoms with E-state index in [0.29, 0.717) is 10.9 Å². The Hall–Kier alpha value is -3.32. The molecule has 0 N–H and O–H groups in total. The molecular formula is C22H19ClO7. The van der Waals surface area contributed by atoms with Crippen molar-refractivity contribution < 1.29 is 28.2 Å². The van der Waals surface area contributed by atoms with Crippen LogP contribution in [-0.4, -0.2) is 25.7 Å². The van der Waals surface area contributed by atoms with Crippen molar-refractivity contribution in [3.63, 3.8) is 0 Å². The molecule has 1 aromatic heterocycles. The summed E-state index contributed by atoms with van der Waals surface area (Å²) in [5, 5.41) is 0.775. The quantitative estimate of drug-likeness (QED) is 0.417. The molecule has 0 saturated carbocycles. The van der Waals surface area contributed by atoms with Crippen molar-refractivity contribution >= 4 is 34.5 Å². The number of carbonyl (C=O) groups excluding carboxylic acids is 2. The van der Waals surface area contributed by atoms with Gasteiger partial charge in [0.15, 0.2) is 6.61 Å². The molecule has 0 aliphatic heterocycles. The van der Waals surface area contributed by atoms with E-state index in [0.717, 1.165) is 5.56 Å². The lowest BCUT2D eigenvalue weighted by molar-refractivity contribution is -0.147. The predicted molar refractivity (Wildman–Crippen MR) is 110 cm³/mol. The molecule has 156 valence electrons. The van der Waals surface area contributed by atoms with Crippen LogP contribution in [0.15, 0.2) is 51.7 Å². The minimum absolute atomic E-state index is 0.130. The van der Waals surface area contributed by atoms with Gasteiger partial charge in [0.1, 0.15) is 17.9 Å². The Kier molecular flexibility index (Phi) is 6.74. The summed E-state index contributed by atoms with van der Waals surface area (Å²) in [5.74, 6) is -0.949. The van der Waals surface area contributed by atoms with E-state index < -0.39 is 17.6 Å². The third kappa shape index (κ3) is 4.99. The number of hydrogen-bond acceptors (Lipinski definition) is 7. The first-order valence-corrected chi connectivity index (χ1v) is 9.42. The van der Waals surface area contributed by atoms with Crippen molar-refractivity contribution in [1.29, 1.82) is 0 Å². The van der Waals surface area contributed by atoms with E-state index in [1.807, 2.05) is 30.3 Å². The number of aryl methyl sites for hydroxylation is 1. The lowest BCUT2D eigenvalue weighted by Gasteiger charge is -2.11. The number of hydrogen-bond donors (Lipinski definition) is 0. The number of benzene rings is 2. The molecule has 2 aromatic carbocycles. The topological polar surface area (TPSA) is 92.0 Å². The number of ether oxygens (including phenoxy) is 3. The maximum atomic E-state index is 12.3. The van der Waals surface area contributed by atoms with Gasteiger partial charge >= 0.3 is 17.6 Å². The minimum atomic E-state index is -0.652.